The number of aromatic nitrogens is 4. The quantitative estimate of drug-likeness (QED) is 0.756. The number of hydrogen-bond donors (Lipinski definition) is 2. The van der Waals surface area contributed by atoms with Crippen molar-refractivity contribution in [3.63, 3.8) is 0 Å². The Kier molecular flexibility index (Phi) is 2.89. The molecule has 5 nitrogen and oxygen atoms in total. The summed E-state index contributed by atoms with van der Waals surface area (Å²) in [6, 6.07) is 5.66. The number of aliphatic hydroxyl groups is 1. The molecule has 2 rings (SSSR count). The zero-order valence-corrected chi connectivity index (χ0v) is 8.74. The first kappa shape index (κ1) is 10.0. The molecule has 15 heavy (non-hydrogen) atoms. The average molecular weight is 222 g/mol. The minimum Gasteiger partial charge on any atom is -0.388 e. The van der Waals surface area contributed by atoms with Gasteiger partial charge in [0.15, 0.2) is 10.6 Å². The van der Waals surface area contributed by atoms with Gasteiger partial charge in [0.2, 0.25) is 0 Å². The molecule has 6 heteroatoms. The van der Waals surface area contributed by atoms with E-state index >= 15 is 0 Å². The van der Waals surface area contributed by atoms with Crippen molar-refractivity contribution >= 4 is 12.2 Å². The molecule has 0 aliphatic carbocycles. The lowest BCUT2D eigenvalue weighted by molar-refractivity contribution is 0.265. The molecule has 0 aromatic carbocycles. The molecule has 0 fully saturated rings. The van der Waals surface area contributed by atoms with E-state index in [9.17, 15) is 0 Å². The summed E-state index contributed by atoms with van der Waals surface area (Å²) in [5.41, 5.74) is 0.879. The normalized spacial score (nSPS) is 10.5. The molecule has 2 aromatic rings. The van der Waals surface area contributed by atoms with E-state index < -0.39 is 0 Å². The van der Waals surface area contributed by atoms with Crippen LogP contribution in [0.25, 0.3) is 0 Å². The fourth-order valence-corrected chi connectivity index (χ4v) is 1.50. The Morgan fingerprint density at radius 1 is 1.47 bits per heavy atom. The lowest BCUT2D eigenvalue weighted by Gasteiger charge is -2.03. The Hall–Kier alpha value is -1.53. The molecular weight excluding hydrogens is 212 g/mol. The van der Waals surface area contributed by atoms with Crippen LogP contribution in [0.15, 0.2) is 24.4 Å². The van der Waals surface area contributed by atoms with Crippen molar-refractivity contribution in [2.45, 2.75) is 13.2 Å². The largest absolute Gasteiger partial charge is 0.388 e. The Bertz CT molecular complexity index is 490. The first-order chi connectivity index (χ1) is 7.31. The predicted octanol–water partition coefficient (Wildman–Crippen LogP) is 0.876. The topological polar surface area (TPSA) is 66.7 Å². The summed E-state index contributed by atoms with van der Waals surface area (Å²) < 4.78 is 2.21. The second-order valence-electron chi connectivity index (χ2n) is 3.01. The molecule has 0 aliphatic rings. The number of rotatable bonds is 3. The van der Waals surface area contributed by atoms with Crippen molar-refractivity contribution in [1.82, 2.24) is 19.7 Å². The fourth-order valence-electron chi connectivity index (χ4n) is 1.29. The Labute approximate surface area is 91.4 Å². The second-order valence-corrected chi connectivity index (χ2v) is 3.40. The van der Waals surface area contributed by atoms with E-state index in [2.05, 4.69) is 15.2 Å². The molecule has 0 atom stereocenters. The van der Waals surface area contributed by atoms with Gasteiger partial charge in [-0.3, -0.25) is 14.6 Å². The zero-order chi connectivity index (χ0) is 10.7. The van der Waals surface area contributed by atoms with E-state index in [4.69, 9.17) is 17.3 Å². The molecule has 0 spiro atoms. The average Bonchev–Trinajstić information content (AvgIpc) is 2.62. The third-order valence-corrected chi connectivity index (χ3v) is 2.34. The van der Waals surface area contributed by atoms with Crippen LogP contribution in [0.5, 0.6) is 0 Å². The van der Waals surface area contributed by atoms with Gasteiger partial charge >= 0.3 is 0 Å². The number of hydrogen-bond acceptors (Lipinski definition) is 4. The van der Waals surface area contributed by atoms with E-state index in [1.54, 1.807) is 10.8 Å². The molecule has 0 bridgehead atoms. The Morgan fingerprint density at radius 2 is 2.33 bits per heavy atom. The second kappa shape index (κ2) is 4.33. The highest BCUT2D eigenvalue weighted by Crippen LogP contribution is 2.03. The number of aliphatic hydroxyl groups excluding tert-OH is 1. The summed E-state index contributed by atoms with van der Waals surface area (Å²) in [4.78, 5) is 4.18. The van der Waals surface area contributed by atoms with Crippen LogP contribution in [0.3, 0.4) is 0 Å². The molecule has 0 radical (unpaired) electrons. The van der Waals surface area contributed by atoms with Crippen molar-refractivity contribution in [2.75, 3.05) is 0 Å². The summed E-state index contributed by atoms with van der Waals surface area (Å²) in [5, 5.41) is 15.6. The fraction of sp³-hybridized carbons (Fsp3) is 0.222. The monoisotopic (exact) mass is 222 g/mol. The van der Waals surface area contributed by atoms with Gasteiger partial charge in [-0.2, -0.15) is 5.10 Å². The van der Waals surface area contributed by atoms with Gasteiger partial charge in [0.25, 0.3) is 0 Å². The van der Waals surface area contributed by atoms with Crippen LogP contribution in [0.1, 0.15) is 11.5 Å². The van der Waals surface area contributed by atoms with E-state index in [0.717, 1.165) is 5.69 Å². The summed E-state index contributed by atoms with van der Waals surface area (Å²) in [6.07, 6.45) is 1.72. The van der Waals surface area contributed by atoms with Gasteiger partial charge in [-0.05, 0) is 24.4 Å². The van der Waals surface area contributed by atoms with Crippen molar-refractivity contribution in [1.29, 1.82) is 0 Å². The molecule has 0 unspecified atom stereocenters. The maximum atomic E-state index is 9.04. The zero-order valence-electron chi connectivity index (χ0n) is 7.92. The van der Waals surface area contributed by atoms with Gasteiger partial charge < -0.3 is 5.11 Å². The van der Waals surface area contributed by atoms with E-state index in [0.29, 0.717) is 17.1 Å². The SMILES string of the molecule is OCc1n[nH]c(=S)n1Cc1ccccn1. The van der Waals surface area contributed by atoms with Crippen molar-refractivity contribution < 1.29 is 5.11 Å². The lowest BCUT2D eigenvalue weighted by atomic mass is 10.3. The highest BCUT2D eigenvalue weighted by atomic mass is 32.1. The Morgan fingerprint density at radius 3 is 3.00 bits per heavy atom. The maximum absolute atomic E-state index is 9.04. The van der Waals surface area contributed by atoms with Gasteiger partial charge in [0.1, 0.15) is 6.61 Å². The predicted molar refractivity (Wildman–Crippen MR) is 56.7 cm³/mol. The maximum Gasteiger partial charge on any atom is 0.195 e. The summed E-state index contributed by atoms with van der Waals surface area (Å²) >= 11 is 5.04. The van der Waals surface area contributed by atoms with Gasteiger partial charge in [-0.1, -0.05) is 6.07 Å². The van der Waals surface area contributed by atoms with Crippen molar-refractivity contribution in [2.24, 2.45) is 0 Å². The van der Waals surface area contributed by atoms with Crippen LogP contribution in [-0.4, -0.2) is 24.9 Å². The summed E-state index contributed by atoms with van der Waals surface area (Å²) in [6.45, 7) is 0.381. The minimum absolute atomic E-state index is 0.139. The molecule has 2 N–H and O–H groups in total. The van der Waals surface area contributed by atoms with Crippen molar-refractivity contribution in [3.8, 4) is 0 Å². The molecule has 0 saturated carbocycles. The van der Waals surface area contributed by atoms with E-state index in [-0.39, 0.29) is 6.61 Å². The van der Waals surface area contributed by atoms with Gasteiger partial charge in [0.05, 0.1) is 12.2 Å². The number of H-pyrrole nitrogens is 1. The summed E-state index contributed by atoms with van der Waals surface area (Å²) in [7, 11) is 0. The van der Waals surface area contributed by atoms with Crippen LogP contribution in [0.2, 0.25) is 0 Å². The molecular formula is C9H10N4OS. The van der Waals surface area contributed by atoms with Crippen LogP contribution in [0, 0.1) is 4.77 Å². The molecule has 0 amide bonds. The first-order valence-corrected chi connectivity index (χ1v) is 4.87. The van der Waals surface area contributed by atoms with E-state index in [1.165, 1.54) is 0 Å². The number of nitrogens with zero attached hydrogens (tertiary/aromatic N) is 3. The minimum atomic E-state index is -0.139. The van der Waals surface area contributed by atoms with Gasteiger partial charge in [-0.25, -0.2) is 0 Å². The third kappa shape index (κ3) is 2.11. The highest BCUT2D eigenvalue weighted by Gasteiger charge is 2.05. The standard InChI is InChI=1S/C9H10N4OS/c14-6-8-11-12-9(15)13(8)5-7-3-1-2-4-10-7/h1-4,14H,5-6H2,(H,12,15). The van der Waals surface area contributed by atoms with Crippen LogP contribution in [-0.2, 0) is 13.2 Å². The third-order valence-electron chi connectivity index (χ3n) is 2.03. The Balaban J connectivity index is 2.32. The van der Waals surface area contributed by atoms with E-state index in [1.807, 2.05) is 18.2 Å². The first-order valence-electron chi connectivity index (χ1n) is 4.46. The number of pyridine rings is 1. The lowest BCUT2D eigenvalue weighted by Crippen LogP contribution is -2.06. The van der Waals surface area contributed by atoms with Gasteiger partial charge in [-0.15, -0.1) is 0 Å². The highest BCUT2D eigenvalue weighted by molar-refractivity contribution is 7.71. The van der Waals surface area contributed by atoms with Gasteiger partial charge in [0, 0.05) is 6.20 Å². The molecule has 2 heterocycles. The van der Waals surface area contributed by atoms with Crippen LogP contribution in [0.4, 0.5) is 0 Å². The smallest absolute Gasteiger partial charge is 0.195 e. The molecule has 0 saturated heterocycles. The summed E-state index contributed by atoms with van der Waals surface area (Å²) in [5.74, 6) is 0.519. The number of aromatic amines is 1. The number of nitrogens with one attached hydrogen (secondary N) is 1. The molecule has 0 aliphatic heterocycles. The molecule has 78 valence electrons. The molecule has 2 aromatic heterocycles. The van der Waals surface area contributed by atoms with Crippen LogP contribution >= 0.6 is 12.2 Å². The van der Waals surface area contributed by atoms with Crippen LogP contribution < -0.4 is 0 Å². The van der Waals surface area contributed by atoms with Crippen molar-refractivity contribution in [3.05, 3.63) is 40.7 Å².